The summed E-state index contributed by atoms with van der Waals surface area (Å²) in [4.78, 5) is 29.3. The molecule has 2 fully saturated rings. The smallest absolute Gasteiger partial charge is 0.464 e. The Morgan fingerprint density at radius 1 is 1.14 bits per heavy atom. The summed E-state index contributed by atoms with van der Waals surface area (Å²) in [6.07, 6.45) is 2.44. The van der Waals surface area contributed by atoms with Crippen LogP contribution in [0.1, 0.15) is 74.4 Å². The molecule has 2 aliphatic rings. The SMILES string of the molecule is COC(=O)c1nc(C(=O)NC2CCC(O)CC2)ccc1B1OC(C)(C)C(C)(C)O1. The molecular weight excluding hydrogens is 375 g/mol. The predicted octanol–water partition coefficient (Wildman–Crippen LogP) is 1.20. The number of nitrogens with zero attached hydrogens (tertiary/aromatic N) is 1. The summed E-state index contributed by atoms with van der Waals surface area (Å²) in [5.41, 5.74) is -0.610. The third-order valence-corrected chi connectivity index (χ3v) is 6.08. The molecule has 1 saturated carbocycles. The van der Waals surface area contributed by atoms with Gasteiger partial charge in [0.25, 0.3) is 5.91 Å². The van der Waals surface area contributed by atoms with Gasteiger partial charge in [-0.25, -0.2) is 9.78 Å². The van der Waals surface area contributed by atoms with Crippen molar-refractivity contribution in [3.8, 4) is 0 Å². The van der Waals surface area contributed by atoms with Gasteiger partial charge in [-0.1, -0.05) is 6.07 Å². The van der Waals surface area contributed by atoms with Crippen molar-refractivity contribution in [2.45, 2.75) is 76.7 Å². The highest BCUT2D eigenvalue weighted by atomic mass is 16.7. The number of esters is 1. The summed E-state index contributed by atoms with van der Waals surface area (Å²) in [7, 11) is 0.469. The van der Waals surface area contributed by atoms with Crippen molar-refractivity contribution in [3.05, 3.63) is 23.5 Å². The third-order valence-electron chi connectivity index (χ3n) is 6.08. The van der Waals surface area contributed by atoms with Crippen LogP contribution in [0.25, 0.3) is 0 Å². The Hall–Kier alpha value is -1.97. The molecule has 2 heterocycles. The zero-order valence-corrected chi connectivity index (χ0v) is 17.7. The van der Waals surface area contributed by atoms with E-state index >= 15 is 0 Å². The fourth-order valence-electron chi connectivity index (χ4n) is 3.50. The number of methoxy groups -OCH3 is 1. The van der Waals surface area contributed by atoms with Crippen molar-refractivity contribution in [3.63, 3.8) is 0 Å². The summed E-state index contributed by atoms with van der Waals surface area (Å²) < 4.78 is 16.9. The summed E-state index contributed by atoms with van der Waals surface area (Å²) in [5.74, 6) is -1.03. The Balaban J connectivity index is 1.83. The maximum atomic E-state index is 12.6. The fourth-order valence-corrected chi connectivity index (χ4v) is 3.50. The molecule has 8 nitrogen and oxygen atoms in total. The number of carbonyl (C=O) groups excluding carboxylic acids is 2. The van der Waals surface area contributed by atoms with E-state index in [-0.39, 0.29) is 29.4 Å². The molecule has 0 radical (unpaired) electrons. The van der Waals surface area contributed by atoms with Crippen LogP contribution in [0.15, 0.2) is 12.1 Å². The molecule has 1 aromatic heterocycles. The van der Waals surface area contributed by atoms with Crippen LogP contribution in [0.2, 0.25) is 0 Å². The number of carbonyl (C=O) groups is 2. The van der Waals surface area contributed by atoms with Gasteiger partial charge >= 0.3 is 13.1 Å². The van der Waals surface area contributed by atoms with Gasteiger partial charge in [0.1, 0.15) is 11.4 Å². The number of aliphatic hydroxyl groups is 1. The number of aromatic nitrogens is 1. The molecule has 1 amide bonds. The highest BCUT2D eigenvalue weighted by Gasteiger charge is 2.52. The van der Waals surface area contributed by atoms with E-state index in [1.165, 1.54) is 7.11 Å². The lowest BCUT2D eigenvalue weighted by Crippen LogP contribution is -2.41. The van der Waals surface area contributed by atoms with E-state index < -0.39 is 24.3 Å². The van der Waals surface area contributed by atoms with Gasteiger partial charge in [-0.3, -0.25) is 4.79 Å². The number of ether oxygens (including phenoxy) is 1. The Bertz CT molecular complexity index is 773. The molecule has 3 rings (SSSR count). The first-order valence-electron chi connectivity index (χ1n) is 9.98. The lowest BCUT2D eigenvalue weighted by molar-refractivity contribution is 0.00578. The summed E-state index contributed by atoms with van der Waals surface area (Å²) in [6.45, 7) is 7.67. The van der Waals surface area contributed by atoms with Crippen LogP contribution in [0.3, 0.4) is 0 Å². The Labute approximate surface area is 171 Å². The second kappa shape index (κ2) is 8.05. The monoisotopic (exact) mass is 404 g/mol. The molecule has 0 spiro atoms. The molecule has 1 aliphatic heterocycles. The second-order valence-corrected chi connectivity index (χ2v) is 8.69. The molecule has 29 heavy (non-hydrogen) atoms. The second-order valence-electron chi connectivity index (χ2n) is 8.69. The van der Waals surface area contributed by atoms with Gasteiger partial charge in [-0.15, -0.1) is 0 Å². The number of nitrogens with one attached hydrogen (secondary N) is 1. The van der Waals surface area contributed by atoms with E-state index in [9.17, 15) is 14.7 Å². The van der Waals surface area contributed by atoms with Crippen molar-refractivity contribution < 1.29 is 28.7 Å². The van der Waals surface area contributed by atoms with E-state index in [2.05, 4.69) is 10.3 Å². The summed E-state index contributed by atoms with van der Waals surface area (Å²) >= 11 is 0. The minimum absolute atomic E-state index is 0.00211. The number of hydrogen-bond donors (Lipinski definition) is 2. The van der Waals surface area contributed by atoms with Crippen LogP contribution >= 0.6 is 0 Å². The Morgan fingerprint density at radius 2 is 1.72 bits per heavy atom. The molecule has 1 saturated heterocycles. The van der Waals surface area contributed by atoms with Crippen molar-refractivity contribution in [2.75, 3.05) is 7.11 Å². The minimum atomic E-state index is -0.793. The predicted molar refractivity (Wildman–Crippen MR) is 107 cm³/mol. The molecule has 0 bridgehead atoms. The Kier molecular flexibility index (Phi) is 6.03. The highest BCUT2D eigenvalue weighted by molar-refractivity contribution is 6.63. The van der Waals surface area contributed by atoms with E-state index in [4.69, 9.17) is 14.0 Å². The van der Waals surface area contributed by atoms with Crippen LogP contribution in [-0.2, 0) is 14.0 Å². The van der Waals surface area contributed by atoms with Gasteiger partial charge in [0, 0.05) is 11.5 Å². The standard InChI is InChI=1S/C20H29BN2O6/c1-19(2)20(3,4)29-21(28-19)14-10-11-15(23-16(14)18(26)27-5)17(25)22-12-6-8-13(24)9-7-12/h10-13,24H,6-9H2,1-5H3,(H,22,25). The molecule has 1 aromatic rings. The van der Waals surface area contributed by atoms with Gasteiger partial charge in [0.2, 0.25) is 0 Å². The normalized spacial score (nSPS) is 25.5. The first kappa shape index (κ1) is 21.7. The summed E-state index contributed by atoms with van der Waals surface area (Å²) in [6, 6.07) is 3.16. The molecule has 158 valence electrons. The quantitative estimate of drug-likeness (QED) is 0.574. The fraction of sp³-hybridized carbons (Fsp3) is 0.650. The lowest BCUT2D eigenvalue weighted by atomic mass is 9.77. The average molecular weight is 404 g/mol. The van der Waals surface area contributed by atoms with E-state index in [1.807, 2.05) is 27.7 Å². The van der Waals surface area contributed by atoms with Gasteiger partial charge in [-0.2, -0.15) is 0 Å². The first-order chi connectivity index (χ1) is 13.5. The number of rotatable bonds is 4. The molecule has 1 aliphatic carbocycles. The summed E-state index contributed by atoms with van der Waals surface area (Å²) in [5, 5.41) is 12.5. The van der Waals surface area contributed by atoms with Crippen molar-refractivity contribution in [1.29, 1.82) is 0 Å². The zero-order chi connectivity index (χ0) is 21.4. The molecule has 9 heteroatoms. The number of pyridine rings is 1. The number of hydrogen-bond acceptors (Lipinski definition) is 7. The maximum absolute atomic E-state index is 12.6. The van der Waals surface area contributed by atoms with Crippen molar-refractivity contribution >= 4 is 24.5 Å². The van der Waals surface area contributed by atoms with E-state index in [0.717, 1.165) is 0 Å². The Morgan fingerprint density at radius 3 is 2.28 bits per heavy atom. The molecular formula is C20H29BN2O6. The highest BCUT2D eigenvalue weighted by Crippen LogP contribution is 2.36. The average Bonchev–Trinajstić information content (AvgIpc) is 2.89. The molecule has 0 unspecified atom stereocenters. The maximum Gasteiger partial charge on any atom is 0.497 e. The van der Waals surface area contributed by atoms with Crippen LogP contribution < -0.4 is 10.8 Å². The molecule has 2 N–H and O–H groups in total. The lowest BCUT2D eigenvalue weighted by Gasteiger charge is -2.32. The number of amides is 1. The van der Waals surface area contributed by atoms with Gasteiger partial charge in [0.15, 0.2) is 0 Å². The minimum Gasteiger partial charge on any atom is -0.464 e. The van der Waals surface area contributed by atoms with Crippen molar-refractivity contribution in [2.24, 2.45) is 0 Å². The van der Waals surface area contributed by atoms with E-state index in [0.29, 0.717) is 31.1 Å². The van der Waals surface area contributed by atoms with Gasteiger partial charge in [0.05, 0.1) is 24.4 Å². The molecule has 0 atom stereocenters. The van der Waals surface area contributed by atoms with Crippen LogP contribution in [0.4, 0.5) is 0 Å². The van der Waals surface area contributed by atoms with E-state index in [1.54, 1.807) is 12.1 Å². The number of aliphatic hydroxyl groups excluding tert-OH is 1. The largest absolute Gasteiger partial charge is 0.497 e. The topological polar surface area (TPSA) is 107 Å². The first-order valence-corrected chi connectivity index (χ1v) is 9.98. The molecule has 0 aromatic carbocycles. The zero-order valence-electron chi connectivity index (χ0n) is 17.7. The van der Waals surface area contributed by atoms with Crippen molar-refractivity contribution in [1.82, 2.24) is 10.3 Å². The van der Waals surface area contributed by atoms with Crippen LogP contribution in [0, 0.1) is 0 Å². The van der Waals surface area contributed by atoms with Gasteiger partial charge in [-0.05, 0) is 59.4 Å². The third kappa shape index (κ3) is 4.47. The van der Waals surface area contributed by atoms with Crippen LogP contribution in [0.5, 0.6) is 0 Å². The van der Waals surface area contributed by atoms with Gasteiger partial charge < -0.3 is 24.5 Å². The van der Waals surface area contributed by atoms with Crippen LogP contribution in [-0.4, -0.2) is 59.5 Å².